The SMILES string of the molecule is CCC[C@H](NCCCSCc1ccccc1)C(=O)O. The lowest BCUT2D eigenvalue weighted by atomic mass is 10.1. The van der Waals surface area contributed by atoms with Gasteiger partial charge >= 0.3 is 5.97 Å². The molecule has 0 aromatic heterocycles. The Morgan fingerprint density at radius 3 is 2.74 bits per heavy atom. The van der Waals surface area contributed by atoms with E-state index >= 15 is 0 Å². The smallest absolute Gasteiger partial charge is 0.320 e. The maximum Gasteiger partial charge on any atom is 0.320 e. The summed E-state index contributed by atoms with van der Waals surface area (Å²) in [6.45, 7) is 2.78. The Hall–Kier alpha value is -1.00. The van der Waals surface area contributed by atoms with Crippen molar-refractivity contribution in [2.75, 3.05) is 12.3 Å². The van der Waals surface area contributed by atoms with Crippen molar-refractivity contribution >= 4 is 17.7 Å². The number of hydrogen-bond donors (Lipinski definition) is 2. The summed E-state index contributed by atoms with van der Waals surface area (Å²) >= 11 is 1.89. The molecular weight excluding hydrogens is 258 g/mol. The van der Waals surface area contributed by atoms with E-state index in [2.05, 4.69) is 29.6 Å². The van der Waals surface area contributed by atoms with Gasteiger partial charge in [0.15, 0.2) is 0 Å². The van der Waals surface area contributed by atoms with E-state index in [-0.39, 0.29) is 6.04 Å². The van der Waals surface area contributed by atoms with E-state index in [9.17, 15) is 4.79 Å². The molecule has 2 N–H and O–H groups in total. The summed E-state index contributed by atoms with van der Waals surface area (Å²) in [6.07, 6.45) is 2.60. The van der Waals surface area contributed by atoms with Gasteiger partial charge < -0.3 is 10.4 Å². The van der Waals surface area contributed by atoms with Crippen LogP contribution in [0.2, 0.25) is 0 Å². The molecule has 1 atom stereocenters. The number of thioether (sulfide) groups is 1. The van der Waals surface area contributed by atoms with Gasteiger partial charge in [-0.1, -0.05) is 43.7 Å². The molecule has 3 nitrogen and oxygen atoms in total. The lowest BCUT2D eigenvalue weighted by Crippen LogP contribution is -2.37. The molecule has 0 radical (unpaired) electrons. The molecule has 19 heavy (non-hydrogen) atoms. The van der Waals surface area contributed by atoms with E-state index in [0.717, 1.165) is 30.9 Å². The van der Waals surface area contributed by atoms with Gasteiger partial charge in [-0.25, -0.2) is 0 Å². The molecule has 0 amide bonds. The van der Waals surface area contributed by atoms with Crippen LogP contribution in [0.1, 0.15) is 31.7 Å². The predicted molar refractivity (Wildman–Crippen MR) is 81.6 cm³/mol. The summed E-state index contributed by atoms with van der Waals surface area (Å²) < 4.78 is 0. The molecule has 0 saturated carbocycles. The number of aliphatic carboxylic acids is 1. The minimum atomic E-state index is -0.737. The Morgan fingerprint density at radius 2 is 2.11 bits per heavy atom. The van der Waals surface area contributed by atoms with E-state index in [1.54, 1.807) is 0 Å². The molecule has 106 valence electrons. The van der Waals surface area contributed by atoms with Crippen LogP contribution in [0.15, 0.2) is 30.3 Å². The molecule has 4 heteroatoms. The Labute approximate surface area is 119 Å². The van der Waals surface area contributed by atoms with Crippen molar-refractivity contribution < 1.29 is 9.90 Å². The molecule has 1 aromatic rings. The van der Waals surface area contributed by atoms with Gasteiger partial charge in [-0.3, -0.25) is 4.79 Å². The summed E-state index contributed by atoms with van der Waals surface area (Å²) in [4.78, 5) is 10.9. The van der Waals surface area contributed by atoms with Crippen molar-refractivity contribution in [2.24, 2.45) is 0 Å². The molecule has 0 aliphatic heterocycles. The quantitative estimate of drug-likeness (QED) is 0.647. The first-order valence-corrected chi connectivity index (χ1v) is 7.97. The number of hydrogen-bond acceptors (Lipinski definition) is 3. The van der Waals surface area contributed by atoms with Gasteiger partial charge in [0.25, 0.3) is 0 Å². The molecule has 0 fully saturated rings. The lowest BCUT2D eigenvalue weighted by Gasteiger charge is -2.13. The third kappa shape index (κ3) is 7.23. The van der Waals surface area contributed by atoms with Crippen LogP contribution in [0.4, 0.5) is 0 Å². The fourth-order valence-corrected chi connectivity index (χ4v) is 2.74. The van der Waals surface area contributed by atoms with Gasteiger partial charge in [-0.15, -0.1) is 0 Å². The van der Waals surface area contributed by atoms with Crippen molar-refractivity contribution in [1.82, 2.24) is 5.32 Å². The van der Waals surface area contributed by atoms with Crippen molar-refractivity contribution in [3.8, 4) is 0 Å². The number of carboxylic acid groups (broad SMARTS) is 1. The maximum atomic E-state index is 10.9. The number of carbonyl (C=O) groups is 1. The highest BCUT2D eigenvalue weighted by atomic mass is 32.2. The molecule has 0 bridgehead atoms. The monoisotopic (exact) mass is 281 g/mol. The highest BCUT2D eigenvalue weighted by molar-refractivity contribution is 7.98. The highest BCUT2D eigenvalue weighted by Gasteiger charge is 2.14. The minimum absolute atomic E-state index is 0.385. The second-order valence-corrected chi connectivity index (χ2v) is 5.63. The fraction of sp³-hybridized carbons (Fsp3) is 0.533. The van der Waals surface area contributed by atoms with Crippen LogP contribution in [0.5, 0.6) is 0 Å². The minimum Gasteiger partial charge on any atom is -0.480 e. The Morgan fingerprint density at radius 1 is 1.37 bits per heavy atom. The molecule has 0 unspecified atom stereocenters. The Bertz CT molecular complexity index is 356. The zero-order valence-corrected chi connectivity index (χ0v) is 12.3. The van der Waals surface area contributed by atoms with Crippen LogP contribution in [0.25, 0.3) is 0 Å². The summed E-state index contributed by atoms with van der Waals surface area (Å²) in [6, 6.07) is 10.0. The number of carboxylic acids is 1. The molecule has 0 spiro atoms. The van der Waals surface area contributed by atoms with E-state index in [4.69, 9.17) is 5.11 Å². The maximum absolute atomic E-state index is 10.9. The predicted octanol–water partition coefficient (Wildman–Crippen LogP) is 3.15. The topological polar surface area (TPSA) is 49.3 Å². The Balaban J connectivity index is 2.06. The molecule has 0 heterocycles. The number of rotatable bonds is 10. The summed E-state index contributed by atoms with van der Waals surface area (Å²) in [5.41, 5.74) is 1.34. The average molecular weight is 281 g/mol. The molecule has 1 aromatic carbocycles. The van der Waals surface area contributed by atoms with Crippen LogP contribution < -0.4 is 5.32 Å². The number of benzene rings is 1. The summed E-state index contributed by atoms with van der Waals surface area (Å²) in [5.74, 6) is 1.34. The lowest BCUT2D eigenvalue weighted by molar-refractivity contribution is -0.139. The van der Waals surface area contributed by atoms with Crippen molar-refractivity contribution in [1.29, 1.82) is 0 Å². The summed E-state index contributed by atoms with van der Waals surface area (Å²) in [5, 5.41) is 12.1. The third-order valence-corrected chi connectivity index (χ3v) is 3.96. The van der Waals surface area contributed by atoms with E-state index in [0.29, 0.717) is 6.42 Å². The van der Waals surface area contributed by atoms with Gasteiger partial charge in [0.2, 0.25) is 0 Å². The normalized spacial score (nSPS) is 12.3. The van der Waals surface area contributed by atoms with Crippen LogP contribution >= 0.6 is 11.8 Å². The second-order valence-electron chi connectivity index (χ2n) is 4.53. The zero-order chi connectivity index (χ0) is 13.9. The van der Waals surface area contributed by atoms with Crippen LogP contribution in [-0.2, 0) is 10.5 Å². The van der Waals surface area contributed by atoms with E-state index in [1.807, 2.05) is 24.8 Å². The second kappa shape index (κ2) is 9.87. The first-order chi connectivity index (χ1) is 9.24. The summed E-state index contributed by atoms with van der Waals surface area (Å²) in [7, 11) is 0. The third-order valence-electron chi connectivity index (χ3n) is 2.84. The molecule has 1 rings (SSSR count). The first kappa shape index (κ1) is 16.1. The van der Waals surface area contributed by atoms with Crippen molar-refractivity contribution in [2.45, 2.75) is 38.0 Å². The van der Waals surface area contributed by atoms with Crippen molar-refractivity contribution in [3.05, 3.63) is 35.9 Å². The van der Waals surface area contributed by atoms with E-state index < -0.39 is 5.97 Å². The average Bonchev–Trinajstić information content (AvgIpc) is 2.42. The first-order valence-electron chi connectivity index (χ1n) is 6.82. The Kier molecular flexibility index (Phi) is 8.34. The molecule has 0 saturated heterocycles. The largest absolute Gasteiger partial charge is 0.480 e. The van der Waals surface area contributed by atoms with Crippen LogP contribution in [0, 0.1) is 0 Å². The van der Waals surface area contributed by atoms with Gasteiger partial charge in [-0.2, -0.15) is 11.8 Å². The van der Waals surface area contributed by atoms with Crippen LogP contribution in [-0.4, -0.2) is 29.4 Å². The van der Waals surface area contributed by atoms with Gasteiger partial charge in [0, 0.05) is 5.75 Å². The van der Waals surface area contributed by atoms with Crippen molar-refractivity contribution in [3.63, 3.8) is 0 Å². The molecular formula is C15H23NO2S. The highest BCUT2D eigenvalue weighted by Crippen LogP contribution is 2.12. The molecule has 0 aliphatic rings. The standard InChI is InChI=1S/C15H23NO2S/c1-2-7-14(15(17)18)16-10-6-11-19-12-13-8-4-3-5-9-13/h3-5,8-9,14,16H,2,6-7,10-12H2,1H3,(H,17,18)/t14-/m0/s1. The van der Waals surface area contributed by atoms with E-state index in [1.165, 1.54) is 5.56 Å². The van der Waals surface area contributed by atoms with Gasteiger partial charge in [0.05, 0.1) is 0 Å². The number of nitrogens with one attached hydrogen (secondary N) is 1. The van der Waals surface area contributed by atoms with Gasteiger partial charge in [0.1, 0.15) is 6.04 Å². The zero-order valence-electron chi connectivity index (χ0n) is 11.5. The van der Waals surface area contributed by atoms with Gasteiger partial charge in [-0.05, 0) is 30.7 Å². The fourth-order valence-electron chi connectivity index (χ4n) is 1.82. The molecule has 0 aliphatic carbocycles. The van der Waals surface area contributed by atoms with Crippen LogP contribution in [0.3, 0.4) is 0 Å².